The molecule has 2 heterocycles. The lowest BCUT2D eigenvalue weighted by Crippen LogP contribution is -2.47. The third-order valence-corrected chi connectivity index (χ3v) is 4.88. The topological polar surface area (TPSA) is 111 Å². The van der Waals surface area contributed by atoms with Crippen molar-refractivity contribution in [2.45, 2.75) is 26.3 Å². The molecule has 154 valence electrons. The van der Waals surface area contributed by atoms with E-state index >= 15 is 0 Å². The summed E-state index contributed by atoms with van der Waals surface area (Å²) in [5.41, 5.74) is 0.246. The number of ether oxygens (including phenoxy) is 1. The van der Waals surface area contributed by atoms with E-state index < -0.39 is 5.91 Å². The molecule has 0 unspecified atom stereocenters. The van der Waals surface area contributed by atoms with Gasteiger partial charge in [0, 0.05) is 13.1 Å². The lowest BCUT2D eigenvalue weighted by molar-refractivity contribution is -0.151. The minimum absolute atomic E-state index is 0.190. The van der Waals surface area contributed by atoms with Gasteiger partial charge in [-0.2, -0.15) is 0 Å². The first-order valence-corrected chi connectivity index (χ1v) is 9.65. The van der Waals surface area contributed by atoms with Crippen molar-refractivity contribution in [3.63, 3.8) is 0 Å². The maximum absolute atomic E-state index is 12.4. The number of rotatable bonds is 6. The molecule has 1 aromatic heterocycles. The van der Waals surface area contributed by atoms with E-state index in [1.807, 2.05) is 0 Å². The predicted octanol–water partition coefficient (Wildman–Crippen LogP) is 0.314. The van der Waals surface area contributed by atoms with Crippen LogP contribution in [0, 0.1) is 5.92 Å². The van der Waals surface area contributed by atoms with Crippen LogP contribution in [-0.2, 0) is 25.7 Å². The molecule has 29 heavy (non-hydrogen) atoms. The van der Waals surface area contributed by atoms with Crippen molar-refractivity contribution in [3.05, 3.63) is 40.9 Å². The van der Waals surface area contributed by atoms with Gasteiger partial charge < -0.3 is 15.0 Å². The van der Waals surface area contributed by atoms with E-state index in [4.69, 9.17) is 4.74 Å². The molecule has 3 rings (SSSR count). The van der Waals surface area contributed by atoms with E-state index in [1.165, 1.54) is 10.9 Å². The van der Waals surface area contributed by atoms with Crippen LogP contribution in [0.2, 0.25) is 0 Å². The van der Waals surface area contributed by atoms with Crippen molar-refractivity contribution < 1.29 is 19.1 Å². The van der Waals surface area contributed by atoms with Crippen LogP contribution in [0.15, 0.2) is 35.4 Å². The van der Waals surface area contributed by atoms with E-state index in [0.717, 1.165) is 0 Å². The number of para-hydroxylation sites is 1. The summed E-state index contributed by atoms with van der Waals surface area (Å²) in [5, 5.41) is 2.97. The Balaban J connectivity index is 1.54. The number of carbonyl (C=O) groups excluding carboxylic acids is 3. The molecule has 1 N–H and O–H groups in total. The Morgan fingerprint density at radius 2 is 2.07 bits per heavy atom. The van der Waals surface area contributed by atoms with E-state index in [1.54, 1.807) is 36.1 Å². The molecule has 0 aliphatic carbocycles. The summed E-state index contributed by atoms with van der Waals surface area (Å²) in [5.74, 6) is -1.35. The number of aromatic nitrogens is 2. The normalized spacial score (nSPS) is 16.4. The fraction of sp³-hybridized carbons (Fsp3) is 0.450. The lowest BCUT2D eigenvalue weighted by Gasteiger charge is -2.31. The monoisotopic (exact) mass is 400 g/mol. The molecule has 0 bridgehead atoms. The quantitative estimate of drug-likeness (QED) is 0.699. The van der Waals surface area contributed by atoms with Crippen LogP contribution in [0.25, 0.3) is 10.9 Å². The van der Waals surface area contributed by atoms with Gasteiger partial charge in [0.2, 0.25) is 11.8 Å². The van der Waals surface area contributed by atoms with Crippen LogP contribution in [0.4, 0.5) is 0 Å². The smallest absolute Gasteiger partial charge is 0.310 e. The van der Waals surface area contributed by atoms with Gasteiger partial charge >= 0.3 is 5.97 Å². The highest BCUT2D eigenvalue weighted by atomic mass is 16.5. The molecule has 1 saturated heterocycles. The Morgan fingerprint density at radius 3 is 2.86 bits per heavy atom. The zero-order valence-corrected chi connectivity index (χ0v) is 16.3. The minimum atomic E-state index is -0.462. The summed E-state index contributed by atoms with van der Waals surface area (Å²) in [6, 6.07) is 6.89. The predicted molar refractivity (Wildman–Crippen MR) is 105 cm³/mol. The van der Waals surface area contributed by atoms with Gasteiger partial charge in [-0.15, -0.1) is 0 Å². The molecule has 0 radical (unpaired) electrons. The Labute approximate surface area is 167 Å². The van der Waals surface area contributed by atoms with Gasteiger partial charge in [-0.05, 0) is 31.9 Å². The molecule has 2 amide bonds. The van der Waals surface area contributed by atoms with Crippen molar-refractivity contribution in [3.8, 4) is 0 Å². The summed E-state index contributed by atoms with van der Waals surface area (Å²) in [6.07, 6.45) is 2.72. The van der Waals surface area contributed by atoms with Gasteiger partial charge in [0.25, 0.3) is 5.56 Å². The molecule has 9 nitrogen and oxygen atoms in total. The summed E-state index contributed by atoms with van der Waals surface area (Å²) in [6.45, 7) is 2.47. The summed E-state index contributed by atoms with van der Waals surface area (Å²) >= 11 is 0. The number of benzene rings is 1. The minimum Gasteiger partial charge on any atom is -0.466 e. The number of piperidine rings is 1. The molecule has 2 aromatic rings. The first kappa shape index (κ1) is 20.5. The maximum atomic E-state index is 12.4. The largest absolute Gasteiger partial charge is 0.466 e. The van der Waals surface area contributed by atoms with Crippen LogP contribution in [0.5, 0.6) is 0 Å². The molecule has 1 aromatic carbocycles. The standard InChI is InChI=1S/C20H24N4O5/c1-2-29-20(28)14-6-5-9-23(11-14)18(26)10-21-17(25)12-24-13-22-16-8-4-3-7-15(16)19(24)27/h3-4,7-8,13-14H,2,5-6,9-12H2,1H3,(H,21,25)/t14-/m1/s1. The number of likely N-dealkylation sites (tertiary alicyclic amines) is 1. The average molecular weight is 400 g/mol. The van der Waals surface area contributed by atoms with Crippen molar-refractivity contribution in [2.24, 2.45) is 5.92 Å². The number of amides is 2. The van der Waals surface area contributed by atoms with Gasteiger partial charge in [0.15, 0.2) is 0 Å². The fourth-order valence-electron chi connectivity index (χ4n) is 3.37. The Bertz CT molecular complexity index is 971. The maximum Gasteiger partial charge on any atom is 0.310 e. The molecule has 9 heteroatoms. The first-order valence-electron chi connectivity index (χ1n) is 9.65. The van der Waals surface area contributed by atoms with Crippen LogP contribution >= 0.6 is 0 Å². The van der Waals surface area contributed by atoms with E-state index in [0.29, 0.717) is 43.4 Å². The second-order valence-corrected chi connectivity index (χ2v) is 6.90. The van der Waals surface area contributed by atoms with Crippen LogP contribution in [-0.4, -0.2) is 58.5 Å². The Hall–Kier alpha value is -3.23. The molecule has 1 atom stereocenters. The van der Waals surface area contributed by atoms with Gasteiger partial charge in [-0.25, -0.2) is 4.98 Å². The van der Waals surface area contributed by atoms with Crippen LogP contribution < -0.4 is 10.9 Å². The van der Waals surface area contributed by atoms with Crippen molar-refractivity contribution in [1.29, 1.82) is 0 Å². The van der Waals surface area contributed by atoms with E-state index in [-0.39, 0.29) is 36.4 Å². The van der Waals surface area contributed by atoms with Crippen LogP contribution in [0.3, 0.4) is 0 Å². The highest BCUT2D eigenvalue weighted by molar-refractivity contribution is 5.85. The Morgan fingerprint density at radius 1 is 1.28 bits per heavy atom. The average Bonchev–Trinajstić information content (AvgIpc) is 2.74. The second kappa shape index (κ2) is 9.31. The van der Waals surface area contributed by atoms with E-state index in [9.17, 15) is 19.2 Å². The van der Waals surface area contributed by atoms with Gasteiger partial charge in [0.05, 0.1) is 36.3 Å². The van der Waals surface area contributed by atoms with E-state index in [2.05, 4.69) is 10.3 Å². The molecular formula is C20H24N4O5. The summed E-state index contributed by atoms with van der Waals surface area (Å²) in [7, 11) is 0. The number of nitrogens with one attached hydrogen (secondary N) is 1. The lowest BCUT2D eigenvalue weighted by atomic mass is 9.98. The number of fused-ring (bicyclic) bond motifs is 1. The third-order valence-electron chi connectivity index (χ3n) is 4.88. The molecule has 1 fully saturated rings. The fourth-order valence-corrected chi connectivity index (χ4v) is 3.37. The molecular weight excluding hydrogens is 376 g/mol. The van der Waals surface area contributed by atoms with Crippen molar-refractivity contribution in [2.75, 3.05) is 26.2 Å². The molecule has 0 spiro atoms. The summed E-state index contributed by atoms with van der Waals surface area (Å²) < 4.78 is 6.24. The van der Waals surface area contributed by atoms with Gasteiger partial charge in [-0.1, -0.05) is 12.1 Å². The third kappa shape index (κ3) is 4.98. The number of hydrogen-bond donors (Lipinski definition) is 1. The summed E-state index contributed by atoms with van der Waals surface area (Å²) in [4.78, 5) is 54.7. The molecule has 1 aliphatic rings. The van der Waals surface area contributed by atoms with Gasteiger partial charge in [0.1, 0.15) is 6.54 Å². The van der Waals surface area contributed by atoms with Crippen molar-refractivity contribution >= 4 is 28.7 Å². The van der Waals surface area contributed by atoms with Crippen molar-refractivity contribution in [1.82, 2.24) is 19.8 Å². The Kier molecular flexibility index (Phi) is 6.58. The molecule has 1 aliphatic heterocycles. The van der Waals surface area contributed by atoms with Gasteiger partial charge in [-0.3, -0.25) is 23.7 Å². The SMILES string of the molecule is CCOC(=O)[C@@H]1CCCN(C(=O)CNC(=O)Cn2cnc3ccccc3c2=O)C1. The zero-order chi connectivity index (χ0) is 20.8. The van der Waals surface area contributed by atoms with Crippen LogP contribution in [0.1, 0.15) is 19.8 Å². The number of carbonyl (C=O) groups is 3. The number of nitrogens with zero attached hydrogens (tertiary/aromatic N) is 3. The number of hydrogen-bond acceptors (Lipinski definition) is 6. The zero-order valence-electron chi connectivity index (χ0n) is 16.3. The highest BCUT2D eigenvalue weighted by Crippen LogP contribution is 2.17. The highest BCUT2D eigenvalue weighted by Gasteiger charge is 2.29. The second-order valence-electron chi connectivity index (χ2n) is 6.90. The molecule has 0 saturated carbocycles. The number of esters is 1. The first-order chi connectivity index (χ1) is 14.0.